The van der Waals surface area contributed by atoms with Crippen molar-refractivity contribution in [1.29, 1.82) is 0 Å². The fourth-order valence-electron chi connectivity index (χ4n) is 2.85. The highest BCUT2D eigenvalue weighted by atomic mass is 35.5. The Morgan fingerprint density at radius 2 is 1.86 bits per heavy atom. The third kappa shape index (κ3) is 3.51. The van der Waals surface area contributed by atoms with Crippen molar-refractivity contribution in [3.05, 3.63) is 40.9 Å². The van der Waals surface area contributed by atoms with Gasteiger partial charge in [0.05, 0.1) is 13.2 Å². The lowest BCUT2D eigenvalue weighted by Gasteiger charge is -2.43. The minimum atomic E-state index is -0.457. The SMILES string of the molecule is O=C(C=Cc1ccccc1Cl)N1CCC2(CC1)OCCCO2. The molecule has 1 spiro atoms. The molecule has 0 unspecified atom stereocenters. The second-order valence-corrected chi connectivity index (χ2v) is 6.05. The maximum Gasteiger partial charge on any atom is 0.246 e. The zero-order chi connectivity index (χ0) is 15.4. The largest absolute Gasteiger partial charge is 0.350 e. The summed E-state index contributed by atoms with van der Waals surface area (Å²) in [5.74, 6) is -0.452. The molecule has 0 bridgehead atoms. The van der Waals surface area contributed by atoms with E-state index < -0.39 is 5.79 Å². The average molecular weight is 322 g/mol. The molecule has 2 fully saturated rings. The highest BCUT2D eigenvalue weighted by Gasteiger charge is 2.38. The van der Waals surface area contributed by atoms with Crippen LogP contribution in [0.2, 0.25) is 5.02 Å². The molecule has 0 atom stereocenters. The molecule has 5 heteroatoms. The third-order valence-electron chi connectivity index (χ3n) is 4.17. The van der Waals surface area contributed by atoms with Gasteiger partial charge >= 0.3 is 0 Å². The number of amides is 1. The van der Waals surface area contributed by atoms with Crippen molar-refractivity contribution < 1.29 is 14.3 Å². The van der Waals surface area contributed by atoms with E-state index >= 15 is 0 Å². The van der Waals surface area contributed by atoms with Crippen molar-refractivity contribution in [2.75, 3.05) is 26.3 Å². The van der Waals surface area contributed by atoms with Crippen LogP contribution in [-0.2, 0) is 14.3 Å². The Bertz CT molecular complexity index is 557. The molecule has 1 aromatic carbocycles. The average Bonchev–Trinajstić information content (AvgIpc) is 2.55. The van der Waals surface area contributed by atoms with Crippen molar-refractivity contribution >= 4 is 23.6 Å². The molecular weight excluding hydrogens is 302 g/mol. The summed E-state index contributed by atoms with van der Waals surface area (Å²) < 4.78 is 11.6. The molecular formula is C17H20ClNO3. The second-order valence-electron chi connectivity index (χ2n) is 5.64. The number of benzene rings is 1. The third-order valence-corrected chi connectivity index (χ3v) is 4.51. The first-order valence-electron chi connectivity index (χ1n) is 7.68. The van der Waals surface area contributed by atoms with Gasteiger partial charge in [-0.25, -0.2) is 0 Å². The predicted molar refractivity (Wildman–Crippen MR) is 85.6 cm³/mol. The van der Waals surface area contributed by atoms with Gasteiger partial charge < -0.3 is 14.4 Å². The number of rotatable bonds is 2. The van der Waals surface area contributed by atoms with Gasteiger partial charge in [-0.1, -0.05) is 29.8 Å². The molecule has 1 amide bonds. The fraction of sp³-hybridized carbons (Fsp3) is 0.471. The van der Waals surface area contributed by atoms with E-state index in [0.29, 0.717) is 18.1 Å². The van der Waals surface area contributed by atoms with Crippen molar-refractivity contribution in [2.45, 2.75) is 25.0 Å². The summed E-state index contributed by atoms with van der Waals surface area (Å²) in [5, 5.41) is 0.646. The van der Waals surface area contributed by atoms with Crippen LogP contribution in [0.25, 0.3) is 6.08 Å². The van der Waals surface area contributed by atoms with E-state index in [0.717, 1.165) is 38.0 Å². The Balaban J connectivity index is 1.57. The number of hydrogen-bond donors (Lipinski definition) is 0. The molecule has 2 saturated heterocycles. The summed E-state index contributed by atoms with van der Waals surface area (Å²) in [6.45, 7) is 2.82. The van der Waals surface area contributed by atoms with E-state index in [4.69, 9.17) is 21.1 Å². The smallest absolute Gasteiger partial charge is 0.246 e. The second kappa shape index (κ2) is 6.82. The summed E-state index contributed by atoms with van der Waals surface area (Å²) >= 11 is 6.08. The van der Waals surface area contributed by atoms with Crippen LogP contribution in [0, 0.1) is 0 Å². The summed E-state index contributed by atoms with van der Waals surface area (Å²) in [7, 11) is 0. The summed E-state index contributed by atoms with van der Waals surface area (Å²) in [6, 6.07) is 7.48. The van der Waals surface area contributed by atoms with E-state index in [2.05, 4.69) is 0 Å². The Hall–Kier alpha value is -1.36. The monoisotopic (exact) mass is 321 g/mol. The molecule has 3 rings (SSSR count). The Labute approximate surface area is 135 Å². The lowest BCUT2D eigenvalue weighted by molar-refractivity contribution is -0.282. The minimum absolute atomic E-state index is 0.00517. The predicted octanol–water partition coefficient (Wildman–Crippen LogP) is 3.11. The standard InChI is InChI=1S/C17H20ClNO3/c18-15-5-2-1-4-14(15)6-7-16(20)19-10-8-17(9-11-19)21-12-3-13-22-17/h1-2,4-7H,3,8-13H2. The van der Waals surface area contributed by atoms with Gasteiger partial charge in [-0.3, -0.25) is 4.79 Å². The minimum Gasteiger partial charge on any atom is -0.350 e. The van der Waals surface area contributed by atoms with Gasteiger partial charge in [0.1, 0.15) is 0 Å². The van der Waals surface area contributed by atoms with Gasteiger partial charge in [-0.2, -0.15) is 0 Å². The zero-order valence-electron chi connectivity index (χ0n) is 12.5. The molecule has 2 aliphatic heterocycles. The molecule has 2 heterocycles. The van der Waals surface area contributed by atoms with Crippen LogP contribution in [0.1, 0.15) is 24.8 Å². The van der Waals surface area contributed by atoms with E-state index in [1.54, 1.807) is 12.2 Å². The molecule has 118 valence electrons. The number of carbonyl (C=O) groups is 1. The van der Waals surface area contributed by atoms with Gasteiger partial charge in [-0.05, 0) is 24.1 Å². The molecule has 0 aromatic heterocycles. The number of carbonyl (C=O) groups excluding carboxylic acids is 1. The van der Waals surface area contributed by atoms with Gasteiger partial charge in [-0.15, -0.1) is 0 Å². The van der Waals surface area contributed by atoms with Crippen LogP contribution in [-0.4, -0.2) is 42.9 Å². The van der Waals surface area contributed by atoms with Crippen LogP contribution < -0.4 is 0 Å². The molecule has 1 aromatic rings. The van der Waals surface area contributed by atoms with Crippen molar-refractivity contribution in [3.63, 3.8) is 0 Å². The van der Waals surface area contributed by atoms with E-state index in [1.807, 2.05) is 29.2 Å². The topological polar surface area (TPSA) is 38.8 Å². The van der Waals surface area contributed by atoms with Gasteiger partial charge in [0.25, 0.3) is 0 Å². The molecule has 2 aliphatic rings. The first-order chi connectivity index (χ1) is 10.7. The van der Waals surface area contributed by atoms with Crippen LogP contribution in [0.5, 0.6) is 0 Å². The number of hydrogen-bond acceptors (Lipinski definition) is 3. The lowest BCUT2D eigenvalue weighted by atomic mass is 10.0. The Kier molecular flexibility index (Phi) is 4.81. The van der Waals surface area contributed by atoms with Crippen molar-refractivity contribution in [2.24, 2.45) is 0 Å². The first-order valence-corrected chi connectivity index (χ1v) is 8.06. The lowest BCUT2D eigenvalue weighted by Crippen LogP contribution is -2.51. The van der Waals surface area contributed by atoms with E-state index in [9.17, 15) is 4.79 Å². The van der Waals surface area contributed by atoms with Crippen molar-refractivity contribution in [1.82, 2.24) is 4.90 Å². The molecule has 4 nitrogen and oxygen atoms in total. The van der Waals surface area contributed by atoms with Crippen LogP contribution in [0.4, 0.5) is 0 Å². The number of likely N-dealkylation sites (tertiary alicyclic amines) is 1. The summed E-state index contributed by atoms with van der Waals surface area (Å²) in [5.41, 5.74) is 0.852. The quantitative estimate of drug-likeness (QED) is 0.786. The first kappa shape index (κ1) is 15.5. The number of piperidine rings is 1. The Morgan fingerprint density at radius 3 is 2.55 bits per heavy atom. The molecule has 0 saturated carbocycles. The number of nitrogens with zero attached hydrogens (tertiary/aromatic N) is 1. The fourth-order valence-corrected chi connectivity index (χ4v) is 3.05. The maximum absolute atomic E-state index is 12.3. The number of halogens is 1. The molecule has 0 N–H and O–H groups in total. The zero-order valence-corrected chi connectivity index (χ0v) is 13.2. The summed E-state index contributed by atoms with van der Waals surface area (Å²) in [6.07, 6.45) is 5.77. The van der Waals surface area contributed by atoms with E-state index in [-0.39, 0.29) is 5.91 Å². The highest BCUT2D eigenvalue weighted by Crippen LogP contribution is 2.30. The van der Waals surface area contributed by atoms with Gasteiger partial charge in [0, 0.05) is 37.0 Å². The molecule has 0 radical (unpaired) electrons. The van der Waals surface area contributed by atoms with Crippen LogP contribution >= 0.6 is 11.6 Å². The maximum atomic E-state index is 12.3. The Morgan fingerprint density at radius 1 is 1.18 bits per heavy atom. The van der Waals surface area contributed by atoms with Crippen LogP contribution in [0.3, 0.4) is 0 Å². The van der Waals surface area contributed by atoms with Crippen LogP contribution in [0.15, 0.2) is 30.3 Å². The number of ether oxygens (including phenoxy) is 2. The van der Waals surface area contributed by atoms with Gasteiger partial charge in [0.15, 0.2) is 5.79 Å². The molecule has 0 aliphatic carbocycles. The summed E-state index contributed by atoms with van der Waals surface area (Å²) in [4.78, 5) is 14.1. The van der Waals surface area contributed by atoms with Gasteiger partial charge in [0.2, 0.25) is 5.91 Å². The van der Waals surface area contributed by atoms with E-state index in [1.165, 1.54) is 0 Å². The normalized spacial score (nSPS) is 21.4. The molecule has 22 heavy (non-hydrogen) atoms. The highest BCUT2D eigenvalue weighted by molar-refractivity contribution is 6.32. The van der Waals surface area contributed by atoms with Crippen molar-refractivity contribution in [3.8, 4) is 0 Å².